The number of aryl methyl sites for hydroxylation is 2. The molecule has 0 radical (unpaired) electrons. The fraction of sp³-hybridized carbons (Fsp3) is 0.375. The molecule has 0 fully saturated rings. The second-order valence-corrected chi connectivity index (χ2v) is 6.21. The first-order valence-corrected chi connectivity index (χ1v) is 7.98. The fourth-order valence-electron chi connectivity index (χ4n) is 2.17. The Kier molecular flexibility index (Phi) is 5.44. The topological polar surface area (TPSA) is 46.3 Å². The van der Waals surface area contributed by atoms with E-state index in [4.69, 9.17) is 4.52 Å². The Hall–Kier alpha value is -1.75. The predicted octanol–water partition coefficient (Wildman–Crippen LogP) is 3.18. The molecule has 0 saturated carbocycles. The summed E-state index contributed by atoms with van der Waals surface area (Å²) < 4.78 is 4.76. The lowest BCUT2D eigenvalue weighted by Crippen LogP contribution is -2.27. The lowest BCUT2D eigenvalue weighted by molar-refractivity contribution is -0.127. The third-order valence-electron chi connectivity index (χ3n) is 3.09. The van der Waals surface area contributed by atoms with E-state index in [2.05, 4.69) is 37.2 Å². The van der Waals surface area contributed by atoms with E-state index >= 15 is 0 Å². The van der Waals surface area contributed by atoms with Crippen LogP contribution in [0.5, 0.6) is 0 Å². The minimum Gasteiger partial charge on any atom is -0.364 e. The van der Waals surface area contributed by atoms with Crippen LogP contribution >= 0.6 is 11.8 Å². The van der Waals surface area contributed by atoms with Crippen molar-refractivity contribution < 1.29 is 9.32 Å². The second-order valence-electron chi connectivity index (χ2n) is 5.23. The van der Waals surface area contributed by atoms with Crippen LogP contribution in [0.3, 0.4) is 0 Å². The van der Waals surface area contributed by atoms with Gasteiger partial charge in [-0.25, -0.2) is 0 Å². The molecule has 0 atom stereocenters. The van der Waals surface area contributed by atoms with Crippen molar-refractivity contribution in [1.29, 1.82) is 0 Å². The summed E-state index contributed by atoms with van der Waals surface area (Å²) in [6.07, 6.45) is 1.52. The highest BCUT2D eigenvalue weighted by atomic mass is 32.2. The highest BCUT2D eigenvalue weighted by molar-refractivity contribution is 7.99. The number of carbonyl (C=O) groups is 1. The molecule has 0 aliphatic rings. The van der Waals surface area contributed by atoms with Crippen LogP contribution in [0, 0.1) is 13.8 Å². The van der Waals surface area contributed by atoms with Gasteiger partial charge in [0.05, 0.1) is 12.3 Å². The molecule has 0 bridgehead atoms. The minimum atomic E-state index is 0.104. The first-order valence-electron chi connectivity index (χ1n) is 6.83. The van der Waals surface area contributed by atoms with Gasteiger partial charge in [-0.1, -0.05) is 34.5 Å². The number of nitrogens with zero attached hydrogens (tertiary/aromatic N) is 2. The lowest BCUT2D eigenvalue weighted by atomic mass is 10.1. The number of hydrogen-bond donors (Lipinski definition) is 0. The third-order valence-corrected chi connectivity index (χ3v) is 4.08. The fourth-order valence-corrected chi connectivity index (χ4v) is 3.07. The zero-order chi connectivity index (χ0) is 15.2. The van der Waals surface area contributed by atoms with Crippen molar-refractivity contribution in [1.82, 2.24) is 10.1 Å². The molecular formula is C16H20N2O2S. The average Bonchev–Trinajstić information content (AvgIpc) is 2.90. The molecule has 5 heteroatoms. The molecule has 1 aromatic heterocycles. The van der Waals surface area contributed by atoms with Crippen molar-refractivity contribution in [2.75, 3.05) is 12.8 Å². The van der Waals surface area contributed by atoms with E-state index < -0.39 is 0 Å². The van der Waals surface area contributed by atoms with Crippen molar-refractivity contribution in [2.24, 2.45) is 0 Å². The van der Waals surface area contributed by atoms with Gasteiger partial charge in [0, 0.05) is 18.9 Å². The Labute approximate surface area is 129 Å². The summed E-state index contributed by atoms with van der Waals surface area (Å²) in [5.41, 5.74) is 4.56. The maximum atomic E-state index is 12.0. The van der Waals surface area contributed by atoms with Gasteiger partial charge in [-0.3, -0.25) is 4.79 Å². The number of benzene rings is 1. The van der Waals surface area contributed by atoms with Crippen LogP contribution in [0.4, 0.5) is 0 Å². The summed E-state index contributed by atoms with van der Waals surface area (Å²) in [7, 11) is 1.79. The lowest BCUT2D eigenvalue weighted by Gasteiger charge is -2.15. The van der Waals surface area contributed by atoms with Crippen molar-refractivity contribution in [3.05, 3.63) is 52.9 Å². The zero-order valence-electron chi connectivity index (χ0n) is 12.6. The van der Waals surface area contributed by atoms with E-state index in [-0.39, 0.29) is 5.91 Å². The third kappa shape index (κ3) is 4.93. The largest absolute Gasteiger partial charge is 0.364 e. The smallest absolute Gasteiger partial charge is 0.232 e. The molecule has 2 rings (SSSR count). The highest BCUT2D eigenvalue weighted by Gasteiger charge is 2.11. The second kappa shape index (κ2) is 7.31. The van der Waals surface area contributed by atoms with Crippen LogP contribution in [0.25, 0.3) is 0 Å². The highest BCUT2D eigenvalue weighted by Crippen LogP contribution is 2.16. The molecule has 0 saturated heterocycles. The van der Waals surface area contributed by atoms with E-state index in [9.17, 15) is 4.79 Å². The monoisotopic (exact) mass is 304 g/mol. The first kappa shape index (κ1) is 15.6. The molecule has 1 aromatic carbocycles. The van der Waals surface area contributed by atoms with Crippen molar-refractivity contribution in [2.45, 2.75) is 26.1 Å². The van der Waals surface area contributed by atoms with Gasteiger partial charge in [0.15, 0.2) is 0 Å². The van der Waals surface area contributed by atoms with Gasteiger partial charge in [-0.15, -0.1) is 11.8 Å². The number of carbonyl (C=O) groups excluding carboxylic acids is 1. The number of thioether (sulfide) groups is 1. The van der Waals surface area contributed by atoms with Crippen LogP contribution < -0.4 is 0 Å². The van der Waals surface area contributed by atoms with Crippen molar-refractivity contribution >= 4 is 17.7 Å². The standard InChI is InChI=1S/C16H20N2O2S/c1-12-6-13(2)8-14(7-12)10-21-11-16(19)18(3)9-15-4-5-20-17-15/h4-8H,9-11H2,1-3H3. The maximum Gasteiger partial charge on any atom is 0.232 e. The minimum absolute atomic E-state index is 0.104. The molecule has 0 aliphatic heterocycles. The Morgan fingerprint density at radius 1 is 1.29 bits per heavy atom. The molecule has 0 spiro atoms. The van der Waals surface area contributed by atoms with Gasteiger partial charge in [0.1, 0.15) is 12.0 Å². The quantitative estimate of drug-likeness (QED) is 0.822. The number of aromatic nitrogens is 1. The van der Waals surface area contributed by atoms with Gasteiger partial charge in [-0.2, -0.15) is 0 Å². The van der Waals surface area contributed by atoms with Gasteiger partial charge in [0.25, 0.3) is 0 Å². The summed E-state index contributed by atoms with van der Waals surface area (Å²) in [4.78, 5) is 13.7. The van der Waals surface area contributed by atoms with Crippen LogP contribution in [0.15, 0.2) is 35.1 Å². The summed E-state index contributed by atoms with van der Waals surface area (Å²) >= 11 is 1.64. The van der Waals surface area contributed by atoms with Crippen molar-refractivity contribution in [3.63, 3.8) is 0 Å². The first-order chi connectivity index (χ1) is 10.0. The Morgan fingerprint density at radius 3 is 2.62 bits per heavy atom. The van der Waals surface area contributed by atoms with E-state index in [1.165, 1.54) is 23.0 Å². The number of hydrogen-bond acceptors (Lipinski definition) is 4. The molecule has 4 nitrogen and oxygen atoms in total. The number of amides is 1. The van der Waals surface area contributed by atoms with E-state index in [1.807, 2.05) is 0 Å². The molecule has 0 aliphatic carbocycles. The van der Waals surface area contributed by atoms with Crippen molar-refractivity contribution in [3.8, 4) is 0 Å². The van der Waals surface area contributed by atoms with Crippen LogP contribution in [-0.2, 0) is 17.1 Å². The summed E-state index contributed by atoms with van der Waals surface area (Å²) in [5.74, 6) is 1.43. The van der Waals surface area contributed by atoms with E-state index in [1.54, 1.807) is 29.8 Å². The van der Waals surface area contributed by atoms with E-state index in [0.29, 0.717) is 12.3 Å². The van der Waals surface area contributed by atoms with Gasteiger partial charge < -0.3 is 9.42 Å². The molecular weight excluding hydrogens is 284 g/mol. The van der Waals surface area contributed by atoms with Crippen LogP contribution in [0.2, 0.25) is 0 Å². The molecule has 112 valence electrons. The molecule has 1 heterocycles. The molecule has 0 unspecified atom stereocenters. The maximum absolute atomic E-state index is 12.0. The van der Waals surface area contributed by atoms with E-state index in [0.717, 1.165) is 11.4 Å². The summed E-state index contributed by atoms with van der Waals surface area (Å²) in [6.45, 7) is 4.68. The SMILES string of the molecule is Cc1cc(C)cc(CSCC(=O)N(C)Cc2ccon2)c1. The van der Waals surface area contributed by atoms with Crippen LogP contribution in [0.1, 0.15) is 22.4 Å². The Morgan fingerprint density at radius 2 is 2.00 bits per heavy atom. The van der Waals surface area contributed by atoms with Gasteiger partial charge in [0.2, 0.25) is 5.91 Å². The normalized spacial score (nSPS) is 10.6. The molecule has 1 amide bonds. The molecule has 21 heavy (non-hydrogen) atoms. The zero-order valence-corrected chi connectivity index (χ0v) is 13.4. The summed E-state index contributed by atoms with van der Waals surface area (Å²) in [6, 6.07) is 8.27. The molecule has 0 N–H and O–H groups in total. The average molecular weight is 304 g/mol. The van der Waals surface area contributed by atoms with Gasteiger partial charge in [-0.05, 0) is 19.4 Å². The molecule has 2 aromatic rings. The Balaban J connectivity index is 1.78. The van der Waals surface area contributed by atoms with Crippen LogP contribution in [-0.4, -0.2) is 28.8 Å². The predicted molar refractivity (Wildman–Crippen MR) is 85.1 cm³/mol. The van der Waals surface area contributed by atoms with Gasteiger partial charge >= 0.3 is 0 Å². The number of rotatable bonds is 6. The Bertz CT molecular complexity index is 576. The summed E-state index contributed by atoms with van der Waals surface area (Å²) in [5, 5.41) is 3.81.